The molecule has 0 saturated heterocycles. The average Bonchev–Trinajstić information content (AvgIpc) is 2.52. The van der Waals surface area contributed by atoms with Crippen molar-refractivity contribution in [3.8, 4) is 0 Å². The van der Waals surface area contributed by atoms with Crippen LogP contribution in [0.3, 0.4) is 0 Å². The normalized spacial score (nSPS) is 11.6. The van der Waals surface area contributed by atoms with Crippen molar-refractivity contribution in [1.82, 2.24) is 0 Å². The zero-order valence-corrected chi connectivity index (χ0v) is 16.1. The Kier molecular flexibility index (Phi) is 9.56. The van der Waals surface area contributed by atoms with E-state index in [0.29, 0.717) is 22.4 Å². The molecule has 0 aliphatic rings. The van der Waals surface area contributed by atoms with Crippen LogP contribution in [0.15, 0.2) is 16.6 Å². The molecule has 0 heterocycles. The summed E-state index contributed by atoms with van der Waals surface area (Å²) in [5.41, 5.74) is 0.497. The average molecular weight is 409 g/mol. The first-order chi connectivity index (χ1) is 11.4. The molecular weight excluding hydrogens is 381 g/mol. The summed E-state index contributed by atoms with van der Waals surface area (Å²) in [6.07, 6.45) is 5.31. The maximum Gasteiger partial charge on any atom is 0.416 e. The molecule has 24 heavy (non-hydrogen) atoms. The van der Waals surface area contributed by atoms with Gasteiger partial charge in [-0.15, -0.1) is 0 Å². The summed E-state index contributed by atoms with van der Waals surface area (Å²) in [5.74, 6) is 0. The van der Waals surface area contributed by atoms with E-state index in [0.717, 1.165) is 18.9 Å². The predicted octanol–water partition coefficient (Wildman–Crippen LogP) is 7.06. The molecule has 1 rings (SSSR count). The number of halogens is 4. The van der Waals surface area contributed by atoms with E-state index in [1.807, 2.05) is 0 Å². The van der Waals surface area contributed by atoms with Crippen molar-refractivity contribution in [2.24, 2.45) is 0 Å². The lowest BCUT2D eigenvalue weighted by Gasteiger charge is -2.17. The Bertz CT molecular complexity index is 490. The molecule has 1 aromatic carbocycles. The minimum atomic E-state index is -4.34. The van der Waals surface area contributed by atoms with Gasteiger partial charge in [-0.2, -0.15) is 13.2 Å². The van der Waals surface area contributed by atoms with Gasteiger partial charge in [0.15, 0.2) is 0 Å². The topological polar surface area (TPSA) is 24.1 Å². The summed E-state index contributed by atoms with van der Waals surface area (Å²) >= 11 is 3.21. The first kappa shape index (κ1) is 21.1. The Morgan fingerprint density at radius 3 is 2.08 bits per heavy atom. The molecule has 1 aromatic rings. The van der Waals surface area contributed by atoms with Crippen LogP contribution in [0.2, 0.25) is 0 Å². The van der Waals surface area contributed by atoms with Crippen molar-refractivity contribution in [2.75, 3.05) is 24.2 Å². The lowest BCUT2D eigenvalue weighted by Crippen LogP contribution is -2.10. The van der Waals surface area contributed by atoms with Gasteiger partial charge in [0.2, 0.25) is 0 Å². The second kappa shape index (κ2) is 10.9. The number of unbranched alkanes of at least 4 members (excludes halogenated alkanes) is 7. The van der Waals surface area contributed by atoms with Gasteiger partial charge in [0, 0.05) is 18.1 Å². The van der Waals surface area contributed by atoms with Crippen molar-refractivity contribution in [3.05, 3.63) is 22.2 Å². The molecule has 0 atom stereocenters. The molecule has 0 aliphatic carbocycles. The van der Waals surface area contributed by atoms with E-state index in [9.17, 15) is 13.2 Å². The maximum absolute atomic E-state index is 12.9. The quantitative estimate of drug-likeness (QED) is 0.382. The Morgan fingerprint density at radius 2 is 1.54 bits per heavy atom. The number of rotatable bonds is 11. The molecule has 6 heteroatoms. The van der Waals surface area contributed by atoms with Crippen LogP contribution in [0.25, 0.3) is 0 Å². The summed E-state index contributed by atoms with van der Waals surface area (Å²) in [4.78, 5) is 0. The van der Waals surface area contributed by atoms with Crippen molar-refractivity contribution in [3.63, 3.8) is 0 Å². The van der Waals surface area contributed by atoms with E-state index in [1.54, 1.807) is 7.05 Å². The van der Waals surface area contributed by atoms with Crippen molar-refractivity contribution >= 4 is 27.3 Å². The summed E-state index contributed by atoms with van der Waals surface area (Å²) in [7, 11) is 1.70. The largest absolute Gasteiger partial charge is 0.416 e. The highest BCUT2D eigenvalue weighted by Gasteiger charge is 2.32. The Morgan fingerprint density at radius 1 is 0.958 bits per heavy atom. The van der Waals surface area contributed by atoms with Crippen LogP contribution in [0.4, 0.5) is 24.5 Å². The van der Waals surface area contributed by atoms with Gasteiger partial charge in [0.05, 0.1) is 16.9 Å². The van der Waals surface area contributed by atoms with Gasteiger partial charge in [0.1, 0.15) is 0 Å². The van der Waals surface area contributed by atoms with E-state index < -0.39 is 11.7 Å². The van der Waals surface area contributed by atoms with Gasteiger partial charge in [-0.1, -0.05) is 51.9 Å². The molecule has 0 amide bonds. The van der Waals surface area contributed by atoms with Gasteiger partial charge in [-0.05, 0) is 34.5 Å². The molecule has 0 radical (unpaired) electrons. The molecule has 0 aromatic heterocycles. The van der Waals surface area contributed by atoms with E-state index in [4.69, 9.17) is 0 Å². The minimum Gasteiger partial charge on any atom is -0.386 e. The number of hydrogen-bond acceptors (Lipinski definition) is 2. The van der Waals surface area contributed by atoms with Crippen LogP contribution in [0.5, 0.6) is 0 Å². The Balaban J connectivity index is 2.45. The number of alkyl halides is 3. The molecule has 2 nitrogen and oxygen atoms in total. The van der Waals surface area contributed by atoms with E-state index >= 15 is 0 Å². The van der Waals surface area contributed by atoms with Crippen LogP contribution in [0.1, 0.15) is 63.9 Å². The fourth-order valence-corrected chi connectivity index (χ4v) is 3.30. The fourth-order valence-electron chi connectivity index (χ4n) is 2.65. The minimum absolute atomic E-state index is 0.415. The third-order valence-corrected chi connectivity index (χ3v) is 4.64. The molecule has 138 valence electrons. The SMILES string of the molecule is CCCCCCCCCCNc1cc(C(F)(F)F)cc(Br)c1NC. The van der Waals surface area contributed by atoms with E-state index in [-0.39, 0.29) is 0 Å². The van der Waals surface area contributed by atoms with Crippen LogP contribution in [-0.2, 0) is 6.18 Å². The third-order valence-electron chi connectivity index (χ3n) is 4.01. The first-order valence-corrected chi connectivity index (χ1v) is 9.51. The number of nitrogens with one attached hydrogen (secondary N) is 2. The fraction of sp³-hybridized carbons (Fsp3) is 0.667. The lowest BCUT2D eigenvalue weighted by molar-refractivity contribution is -0.137. The molecule has 0 aliphatic heterocycles. The maximum atomic E-state index is 12.9. The Hall–Kier alpha value is -0.910. The standard InChI is InChI=1S/C18H28BrF3N2/c1-3-4-5-6-7-8-9-10-11-24-16-13-14(18(20,21)22)12-15(19)17(16)23-2/h12-13,23-24H,3-11H2,1-2H3. The molecular formula is C18H28BrF3N2. The van der Waals surface area contributed by atoms with Crippen molar-refractivity contribution < 1.29 is 13.2 Å². The van der Waals surface area contributed by atoms with Crippen LogP contribution < -0.4 is 10.6 Å². The summed E-state index contributed by atoms with van der Waals surface area (Å²) < 4.78 is 39.2. The number of benzene rings is 1. The van der Waals surface area contributed by atoms with Crippen molar-refractivity contribution in [2.45, 2.75) is 64.5 Å². The molecule has 0 saturated carbocycles. The summed E-state index contributed by atoms with van der Waals surface area (Å²) in [6.45, 7) is 2.88. The smallest absolute Gasteiger partial charge is 0.386 e. The number of hydrogen-bond donors (Lipinski definition) is 2. The zero-order valence-electron chi connectivity index (χ0n) is 14.5. The number of anilines is 2. The van der Waals surface area contributed by atoms with E-state index in [2.05, 4.69) is 33.5 Å². The first-order valence-electron chi connectivity index (χ1n) is 8.72. The molecule has 2 N–H and O–H groups in total. The second-order valence-corrected chi connectivity index (χ2v) is 6.88. The van der Waals surface area contributed by atoms with Crippen LogP contribution >= 0.6 is 15.9 Å². The third kappa shape index (κ3) is 7.32. The summed E-state index contributed by atoms with van der Waals surface area (Å²) in [5, 5.41) is 6.08. The molecule has 0 unspecified atom stereocenters. The Labute approximate surface area is 151 Å². The lowest BCUT2D eigenvalue weighted by atomic mass is 10.1. The van der Waals surface area contributed by atoms with E-state index in [1.165, 1.54) is 44.6 Å². The van der Waals surface area contributed by atoms with Crippen molar-refractivity contribution in [1.29, 1.82) is 0 Å². The van der Waals surface area contributed by atoms with Gasteiger partial charge in [0.25, 0.3) is 0 Å². The molecule has 0 bridgehead atoms. The zero-order chi connectivity index (χ0) is 18.0. The predicted molar refractivity (Wildman–Crippen MR) is 99.8 cm³/mol. The highest BCUT2D eigenvalue weighted by atomic mass is 79.9. The molecule has 0 spiro atoms. The molecule has 0 fully saturated rings. The second-order valence-electron chi connectivity index (χ2n) is 6.03. The van der Waals surface area contributed by atoms with Crippen LogP contribution in [-0.4, -0.2) is 13.6 Å². The van der Waals surface area contributed by atoms with Gasteiger partial charge in [-0.25, -0.2) is 0 Å². The summed E-state index contributed by atoms with van der Waals surface area (Å²) in [6, 6.07) is 2.27. The highest BCUT2D eigenvalue weighted by molar-refractivity contribution is 9.10. The highest BCUT2D eigenvalue weighted by Crippen LogP contribution is 2.38. The van der Waals surface area contributed by atoms with Crippen LogP contribution in [0, 0.1) is 0 Å². The van der Waals surface area contributed by atoms with Gasteiger partial charge < -0.3 is 10.6 Å². The van der Waals surface area contributed by atoms with Gasteiger partial charge in [-0.3, -0.25) is 0 Å². The van der Waals surface area contributed by atoms with Gasteiger partial charge >= 0.3 is 6.18 Å². The monoisotopic (exact) mass is 408 g/mol.